The summed E-state index contributed by atoms with van der Waals surface area (Å²) in [6, 6.07) is 5.17. The lowest BCUT2D eigenvalue weighted by atomic mass is 9.89. The first-order valence-corrected chi connectivity index (χ1v) is 10.9. The van der Waals surface area contributed by atoms with E-state index in [1.165, 1.54) is 32.1 Å². The van der Waals surface area contributed by atoms with E-state index in [-0.39, 0.29) is 11.9 Å². The van der Waals surface area contributed by atoms with Gasteiger partial charge in [0.15, 0.2) is 5.11 Å². The number of nitrogens with two attached hydrogens (primary N) is 1. The highest BCUT2D eigenvalue weighted by Gasteiger charge is 2.47. The molecule has 0 bridgehead atoms. The fourth-order valence-corrected chi connectivity index (χ4v) is 5.45. The van der Waals surface area contributed by atoms with E-state index in [0.29, 0.717) is 28.1 Å². The first-order valence-electron chi connectivity index (χ1n) is 10.5. The van der Waals surface area contributed by atoms with E-state index in [1.807, 2.05) is 11.0 Å². The maximum Gasteiger partial charge on any atom is 0.258 e. The highest BCUT2D eigenvalue weighted by molar-refractivity contribution is 7.80. The van der Waals surface area contributed by atoms with Crippen molar-refractivity contribution in [1.82, 2.24) is 14.5 Å². The van der Waals surface area contributed by atoms with Crippen LogP contribution in [0.2, 0.25) is 0 Å². The van der Waals surface area contributed by atoms with Crippen molar-refractivity contribution in [3.63, 3.8) is 0 Å². The topological polar surface area (TPSA) is 84.5 Å². The van der Waals surface area contributed by atoms with Crippen molar-refractivity contribution < 1.29 is 9.59 Å². The number of anilines is 1. The monoisotopic (exact) mass is 411 g/mol. The molecule has 3 fully saturated rings. The maximum atomic E-state index is 13.2. The van der Waals surface area contributed by atoms with Gasteiger partial charge in [0.25, 0.3) is 5.91 Å². The third-order valence-electron chi connectivity index (χ3n) is 6.57. The number of benzene rings is 1. The number of rotatable bonds is 4. The van der Waals surface area contributed by atoms with Crippen LogP contribution in [-0.2, 0) is 11.3 Å². The van der Waals surface area contributed by atoms with Crippen molar-refractivity contribution in [2.45, 2.75) is 57.5 Å². The summed E-state index contributed by atoms with van der Waals surface area (Å²) in [5.74, 6) is 0.671. The quantitative estimate of drug-likeness (QED) is 0.782. The Labute approximate surface area is 174 Å². The van der Waals surface area contributed by atoms with E-state index in [4.69, 9.17) is 22.9 Å². The zero-order valence-electron chi connectivity index (χ0n) is 16.3. The van der Waals surface area contributed by atoms with Gasteiger partial charge in [-0.1, -0.05) is 19.3 Å². The molecule has 0 radical (unpaired) electrons. The molecule has 1 saturated carbocycles. The summed E-state index contributed by atoms with van der Waals surface area (Å²) in [5, 5.41) is 0.549. The number of aromatic nitrogens is 2. The van der Waals surface area contributed by atoms with Gasteiger partial charge in [-0.3, -0.25) is 9.59 Å². The zero-order valence-corrected chi connectivity index (χ0v) is 17.2. The molecular weight excluding hydrogens is 386 g/mol. The van der Waals surface area contributed by atoms with Crippen molar-refractivity contribution in [1.29, 1.82) is 0 Å². The number of nitrogens with zero attached hydrogens (tertiary/aromatic N) is 4. The Kier molecular flexibility index (Phi) is 4.53. The van der Waals surface area contributed by atoms with Gasteiger partial charge in [-0.2, -0.15) is 0 Å². The van der Waals surface area contributed by atoms with Crippen LogP contribution in [0.15, 0.2) is 18.2 Å². The Balaban J connectivity index is 1.60. The highest BCUT2D eigenvalue weighted by atomic mass is 32.1. The minimum Gasteiger partial charge on any atom is -0.366 e. The Morgan fingerprint density at radius 3 is 2.69 bits per heavy atom. The van der Waals surface area contributed by atoms with Crippen LogP contribution >= 0.6 is 12.2 Å². The summed E-state index contributed by atoms with van der Waals surface area (Å²) >= 11 is 5.68. The van der Waals surface area contributed by atoms with Gasteiger partial charge in [0.2, 0.25) is 11.9 Å². The number of primary amides is 1. The number of imidazole rings is 1. The molecule has 2 amide bonds. The smallest absolute Gasteiger partial charge is 0.258 e. The van der Waals surface area contributed by atoms with Crippen LogP contribution in [0.5, 0.6) is 0 Å². The van der Waals surface area contributed by atoms with E-state index in [1.54, 1.807) is 17.0 Å². The minimum atomic E-state index is -0.483. The van der Waals surface area contributed by atoms with Crippen molar-refractivity contribution >= 4 is 46.1 Å². The predicted octanol–water partition coefficient (Wildman–Crippen LogP) is 2.81. The summed E-state index contributed by atoms with van der Waals surface area (Å²) in [7, 11) is 0. The van der Waals surface area contributed by atoms with Gasteiger partial charge in [0.1, 0.15) is 6.04 Å². The molecule has 1 aromatic carbocycles. The van der Waals surface area contributed by atoms with E-state index < -0.39 is 5.91 Å². The molecular formula is C21H25N5O2S. The number of hydrogen-bond donors (Lipinski definition) is 1. The first kappa shape index (κ1) is 18.5. The first-order chi connectivity index (χ1) is 14.0. The molecule has 2 aliphatic heterocycles. The second kappa shape index (κ2) is 7.09. The molecule has 2 N–H and O–H groups in total. The van der Waals surface area contributed by atoms with Crippen molar-refractivity contribution in [2.24, 2.45) is 11.7 Å². The van der Waals surface area contributed by atoms with Crippen LogP contribution in [0.3, 0.4) is 0 Å². The molecule has 1 aromatic heterocycles. The average Bonchev–Trinajstić information content (AvgIpc) is 3.39. The fourth-order valence-electron chi connectivity index (χ4n) is 5.06. The maximum absolute atomic E-state index is 13.2. The standard InChI is InChI=1S/C21H25N5O2S/c22-18(27)14-8-9-16-15(11-14)23-20(25(16)12-13-5-2-1-3-6-13)26-19(28)17-7-4-10-24(17)21(26)29/h8-9,11,13,17H,1-7,10,12H2,(H2,22,27)/t17-/m0/s1. The normalized spacial score (nSPS) is 22.7. The van der Waals surface area contributed by atoms with Crippen LogP contribution in [0.4, 0.5) is 5.95 Å². The van der Waals surface area contributed by atoms with Crippen LogP contribution in [0.1, 0.15) is 55.3 Å². The second-order valence-corrected chi connectivity index (χ2v) is 8.77. The number of thiocarbonyl (C=S) groups is 1. The van der Waals surface area contributed by atoms with Crippen molar-refractivity contribution in [3.05, 3.63) is 23.8 Å². The molecule has 8 heteroatoms. The Morgan fingerprint density at radius 2 is 1.97 bits per heavy atom. The summed E-state index contributed by atoms with van der Waals surface area (Å²) in [5.41, 5.74) is 7.47. The van der Waals surface area contributed by atoms with E-state index in [9.17, 15) is 9.59 Å². The summed E-state index contributed by atoms with van der Waals surface area (Å²) in [4.78, 5) is 33.2. The van der Waals surface area contributed by atoms with Crippen LogP contribution in [0.25, 0.3) is 11.0 Å². The molecule has 0 unspecified atom stereocenters. The third kappa shape index (κ3) is 3.01. The molecule has 3 heterocycles. The molecule has 1 aliphatic carbocycles. The number of hydrogen-bond acceptors (Lipinski definition) is 4. The van der Waals surface area contributed by atoms with Crippen molar-refractivity contribution in [2.75, 3.05) is 11.4 Å². The zero-order chi connectivity index (χ0) is 20.1. The second-order valence-electron chi connectivity index (χ2n) is 8.40. The summed E-state index contributed by atoms with van der Waals surface area (Å²) in [6.45, 7) is 1.62. The summed E-state index contributed by atoms with van der Waals surface area (Å²) < 4.78 is 2.13. The Hall–Kier alpha value is -2.48. The third-order valence-corrected chi connectivity index (χ3v) is 6.99. The molecule has 1 atom stereocenters. The van der Waals surface area contributed by atoms with Crippen LogP contribution in [-0.4, -0.2) is 44.0 Å². The number of amides is 2. The fraction of sp³-hybridized carbons (Fsp3) is 0.524. The lowest BCUT2D eigenvalue weighted by Gasteiger charge is -2.25. The van der Waals surface area contributed by atoms with Gasteiger partial charge < -0.3 is 15.2 Å². The van der Waals surface area contributed by atoms with Gasteiger partial charge in [0.05, 0.1) is 11.0 Å². The van der Waals surface area contributed by atoms with Gasteiger partial charge in [-0.25, -0.2) is 9.88 Å². The SMILES string of the molecule is NC(=O)c1ccc2c(c1)nc(N1C(=O)[C@@H]3CCCN3C1=S)n2CC1CCCCC1. The van der Waals surface area contributed by atoms with E-state index >= 15 is 0 Å². The molecule has 0 spiro atoms. The van der Waals surface area contributed by atoms with Gasteiger partial charge in [-0.15, -0.1) is 0 Å². The van der Waals surface area contributed by atoms with Crippen LogP contribution in [0, 0.1) is 5.92 Å². The van der Waals surface area contributed by atoms with Crippen LogP contribution < -0.4 is 10.6 Å². The number of fused-ring (bicyclic) bond motifs is 2. The lowest BCUT2D eigenvalue weighted by Crippen LogP contribution is -2.35. The highest BCUT2D eigenvalue weighted by Crippen LogP contribution is 2.35. The Bertz CT molecular complexity index is 988. The molecule has 3 aliphatic rings. The van der Waals surface area contributed by atoms with Gasteiger partial charge >= 0.3 is 0 Å². The largest absolute Gasteiger partial charge is 0.366 e. The molecule has 2 aromatic rings. The molecule has 29 heavy (non-hydrogen) atoms. The Morgan fingerprint density at radius 1 is 1.17 bits per heavy atom. The van der Waals surface area contributed by atoms with E-state index in [0.717, 1.165) is 31.4 Å². The van der Waals surface area contributed by atoms with Crippen molar-refractivity contribution in [3.8, 4) is 0 Å². The van der Waals surface area contributed by atoms with Gasteiger partial charge in [-0.05, 0) is 62.0 Å². The number of carbonyl (C=O) groups excluding carboxylic acids is 2. The predicted molar refractivity (Wildman–Crippen MR) is 115 cm³/mol. The average molecular weight is 412 g/mol. The molecule has 7 nitrogen and oxygen atoms in total. The lowest BCUT2D eigenvalue weighted by molar-refractivity contribution is -0.119. The molecule has 2 saturated heterocycles. The molecule has 152 valence electrons. The van der Waals surface area contributed by atoms with E-state index in [2.05, 4.69) is 4.57 Å². The van der Waals surface area contributed by atoms with Gasteiger partial charge in [0, 0.05) is 18.7 Å². The summed E-state index contributed by atoms with van der Waals surface area (Å²) in [6.07, 6.45) is 7.98. The molecule has 5 rings (SSSR count). The number of carbonyl (C=O) groups is 2. The minimum absolute atomic E-state index is 0.0165.